The molecule has 0 bridgehead atoms. The standard InChI is InChI=1S/C8H2Cl2F5NO/c9-7(10)8(17)16-6-4(14)2(12)1(11)3(13)5(6)15/h7H,(H,16,17). The summed E-state index contributed by atoms with van der Waals surface area (Å²) in [5.41, 5.74) is -1.50. The van der Waals surface area contributed by atoms with Crippen molar-refractivity contribution in [2.75, 3.05) is 5.32 Å². The van der Waals surface area contributed by atoms with Crippen molar-refractivity contribution in [3.8, 4) is 0 Å². The largest absolute Gasteiger partial charge is 0.319 e. The van der Waals surface area contributed by atoms with Crippen LogP contribution >= 0.6 is 23.2 Å². The highest BCUT2D eigenvalue weighted by Crippen LogP contribution is 2.27. The summed E-state index contributed by atoms with van der Waals surface area (Å²) in [6.07, 6.45) is 0. The molecule has 2 nitrogen and oxygen atoms in total. The minimum atomic E-state index is -2.33. The van der Waals surface area contributed by atoms with Gasteiger partial charge in [-0.3, -0.25) is 4.79 Å². The maximum Gasteiger partial charge on any atom is 0.257 e. The van der Waals surface area contributed by atoms with Crippen LogP contribution in [0.5, 0.6) is 0 Å². The molecule has 0 aliphatic rings. The Kier molecular flexibility index (Phi) is 4.16. The fourth-order valence-corrected chi connectivity index (χ4v) is 1.00. The van der Waals surface area contributed by atoms with E-state index in [9.17, 15) is 26.7 Å². The van der Waals surface area contributed by atoms with E-state index in [4.69, 9.17) is 23.2 Å². The Morgan fingerprint density at radius 2 is 1.24 bits per heavy atom. The molecule has 0 aliphatic carbocycles. The average Bonchev–Trinajstić information content (AvgIpc) is 2.29. The predicted octanol–water partition coefficient (Wildman–Crippen LogP) is 3.12. The van der Waals surface area contributed by atoms with Crippen molar-refractivity contribution in [3.05, 3.63) is 29.1 Å². The molecule has 0 radical (unpaired) electrons. The van der Waals surface area contributed by atoms with Gasteiger partial charge in [-0.15, -0.1) is 0 Å². The molecule has 0 atom stereocenters. The Balaban J connectivity index is 3.30. The maximum atomic E-state index is 13.0. The van der Waals surface area contributed by atoms with Gasteiger partial charge >= 0.3 is 0 Å². The van der Waals surface area contributed by atoms with Gasteiger partial charge in [-0.2, -0.15) is 0 Å². The molecule has 0 saturated carbocycles. The number of anilines is 1. The molecular formula is C8H2Cl2F5NO. The molecule has 1 rings (SSSR count). The third kappa shape index (κ3) is 2.61. The van der Waals surface area contributed by atoms with Crippen molar-refractivity contribution in [2.45, 2.75) is 4.84 Å². The monoisotopic (exact) mass is 293 g/mol. The number of alkyl halides is 2. The lowest BCUT2D eigenvalue weighted by atomic mass is 10.2. The second-order valence-corrected chi connectivity index (χ2v) is 3.83. The van der Waals surface area contributed by atoms with Crippen LogP contribution in [-0.2, 0) is 4.79 Å². The summed E-state index contributed by atoms with van der Waals surface area (Å²) in [6, 6.07) is 0. The first-order chi connectivity index (χ1) is 7.77. The normalized spacial score (nSPS) is 10.8. The smallest absolute Gasteiger partial charge is 0.257 e. The first-order valence-corrected chi connectivity index (χ1v) is 4.75. The van der Waals surface area contributed by atoms with Gasteiger partial charge in [0.05, 0.1) is 0 Å². The predicted molar refractivity (Wildman–Crippen MR) is 50.4 cm³/mol. The zero-order valence-corrected chi connectivity index (χ0v) is 9.14. The Morgan fingerprint density at radius 3 is 1.59 bits per heavy atom. The summed E-state index contributed by atoms with van der Waals surface area (Å²) < 4.78 is 64.0. The number of carbonyl (C=O) groups is 1. The number of hydrogen-bond acceptors (Lipinski definition) is 1. The molecule has 0 fully saturated rings. The van der Waals surface area contributed by atoms with Crippen molar-refractivity contribution >= 4 is 34.8 Å². The summed E-state index contributed by atoms with van der Waals surface area (Å²) in [5, 5.41) is 1.39. The molecule has 0 spiro atoms. The summed E-state index contributed by atoms with van der Waals surface area (Å²) in [4.78, 5) is 9.16. The quantitative estimate of drug-likeness (QED) is 0.386. The molecule has 0 unspecified atom stereocenters. The molecule has 1 amide bonds. The van der Waals surface area contributed by atoms with Gasteiger partial charge in [0.1, 0.15) is 5.69 Å². The van der Waals surface area contributed by atoms with E-state index in [1.54, 1.807) is 0 Å². The van der Waals surface area contributed by atoms with Crippen LogP contribution in [0.3, 0.4) is 0 Å². The molecule has 1 aromatic rings. The van der Waals surface area contributed by atoms with Gasteiger partial charge in [0.2, 0.25) is 5.82 Å². The van der Waals surface area contributed by atoms with Crippen LogP contribution < -0.4 is 5.32 Å². The minimum Gasteiger partial charge on any atom is -0.319 e. The molecule has 0 aromatic heterocycles. The van der Waals surface area contributed by atoms with Gasteiger partial charge in [0, 0.05) is 0 Å². The van der Waals surface area contributed by atoms with Gasteiger partial charge in [0.25, 0.3) is 5.91 Å². The van der Waals surface area contributed by atoms with Crippen LogP contribution in [0.1, 0.15) is 0 Å². The first kappa shape index (κ1) is 14.0. The molecule has 0 saturated heterocycles. The fraction of sp³-hybridized carbons (Fsp3) is 0.125. The van der Waals surface area contributed by atoms with Gasteiger partial charge in [-0.25, -0.2) is 22.0 Å². The lowest BCUT2D eigenvalue weighted by Crippen LogP contribution is -2.21. The van der Waals surface area contributed by atoms with E-state index < -0.39 is 45.5 Å². The number of carbonyl (C=O) groups excluding carboxylic acids is 1. The third-order valence-corrected chi connectivity index (χ3v) is 2.05. The molecule has 94 valence electrons. The Bertz CT molecular complexity index is 450. The number of benzene rings is 1. The zero-order chi connectivity index (χ0) is 13.3. The number of amides is 1. The lowest BCUT2D eigenvalue weighted by Gasteiger charge is -2.09. The van der Waals surface area contributed by atoms with E-state index in [2.05, 4.69) is 0 Å². The van der Waals surface area contributed by atoms with Crippen LogP contribution in [-0.4, -0.2) is 10.7 Å². The zero-order valence-electron chi connectivity index (χ0n) is 7.63. The highest BCUT2D eigenvalue weighted by Gasteiger charge is 2.27. The second-order valence-electron chi connectivity index (χ2n) is 2.73. The van der Waals surface area contributed by atoms with Crippen molar-refractivity contribution in [2.24, 2.45) is 0 Å². The number of halogens is 7. The van der Waals surface area contributed by atoms with E-state index in [-0.39, 0.29) is 0 Å². The van der Waals surface area contributed by atoms with E-state index in [0.717, 1.165) is 0 Å². The Morgan fingerprint density at radius 1 is 0.882 bits per heavy atom. The van der Waals surface area contributed by atoms with Crippen LogP contribution in [0.4, 0.5) is 27.6 Å². The summed E-state index contributed by atoms with van der Waals surface area (Å²) in [5.74, 6) is -12.4. The molecule has 1 N–H and O–H groups in total. The van der Waals surface area contributed by atoms with E-state index in [1.807, 2.05) is 0 Å². The van der Waals surface area contributed by atoms with Crippen molar-refractivity contribution in [1.29, 1.82) is 0 Å². The van der Waals surface area contributed by atoms with Gasteiger partial charge in [-0.1, -0.05) is 23.2 Å². The highest BCUT2D eigenvalue weighted by molar-refractivity contribution is 6.54. The Hall–Kier alpha value is -1.08. The van der Waals surface area contributed by atoms with E-state index >= 15 is 0 Å². The molecular weight excluding hydrogens is 292 g/mol. The van der Waals surface area contributed by atoms with Crippen LogP contribution in [0, 0.1) is 29.1 Å². The molecule has 17 heavy (non-hydrogen) atoms. The topological polar surface area (TPSA) is 29.1 Å². The van der Waals surface area contributed by atoms with Crippen LogP contribution in [0.2, 0.25) is 0 Å². The van der Waals surface area contributed by atoms with Gasteiger partial charge in [-0.05, 0) is 0 Å². The molecule has 0 heterocycles. The number of hydrogen-bond donors (Lipinski definition) is 1. The van der Waals surface area contributed by atoms with Gasteiger partial charge < -0.3 is 5.32 Å². The van der Waals surface area contributed by atoms with Crippen LogP contribution in [0.15, 0.2) is 0 Å². The number of nitrogens with one attached hydrogen (secondary N) is 1. The first-order valence-electron chi connectivity index (χ1n) is 3.87. The van der Waals surface area contributed by atoms with Crippen LogP contribution in [0.25, 0.3) is 0 Å². The number of rotatable bonds is 2. The summed E-state index contributed by atoms with van der Waals surface area (Å²) in [7, 11) is 0. The fourth-order valence-electron chi connectivity index (χ4n) is 0.892. The van der Waals surface area contributed by atoms with Crippen molar-refractivity contribution in [1.82, 2.24) is 0 Å². The van der Waals surface area contributed by atoms with Crippen molar-refractivity contribution in [3.63, 3.8) is 0 Å². The molecule has 0 aliphatic heterocycles. The van der Waals surface area contributed by atoms with Gasteiger partial charge in [0.15, 0.2) is 28.1 Å². The molecule has 1 aromatic carbocycles. The highest BCUT2D eigenvalue weighted by atomic mass is 35.5. The minimum absolute atomic E-state index is 1.32. The van der Waals surface area contributed by atoms with Crippen molar-refractivity contribution < 1.29 is 26.7 Å². The summed E-state index contributed by atoms with van der Waals surface area (Å²) >= 11 is 10.1. The van der Waals surface area contributed by atoms with E-state index in [1.165, 1.54) is 5.32 Å². The summed E-state index contributed by atoms with van der Waals surface area (Å²) in [6.45, 7) is 0. The molecule has 9 heteroatoms. The maximum absolute atomic E-state index is 13.0. The average molecular weight is 294 g/mol. The third-order valence-electron chi connectivity index (χ3n) is 1.66. The second kappa shape index (κ2) is 5.05. The van der Waals surface area contributed by atoms with E-state index in [0.29, 0.717) is 0 Å². The SMILES string of the molecule is O=C(Nc1c(F)c(F)c(F)c(F)c1F)C(Cl)Cl. The Labute approximate surface area is 101 Å². The lowest BCUT2D eigenvalue weighted by molar-refractivity contribution is -0.114.